The maximum Gasteiger partial charge on any atom is 0.325 e. The number of carbonyl (C=O) groups is 1. The van der Waals surface area contributed by atoms with E-state index in [-0.39, 0.29) is 18.2 Å². The van der Waals surface area contributed by atoms with Crippen LogP contribution in [0.5, 0.6) is 0 Å². The maximum atomic E-state index is 10.8. The molecule has 0 fully saturated rings. The van der Waals surface area contributed by atoms with Crippen molar-refractivity contribution in [2.45, 2.75) is 0 Å². The van der Waals surface area contributed by atoms with Crippen LogP contribution in [-0.4, -0.2) is 25.6 Å². The lowest BCUT2D eigenvalue weighted by Gasteiger charge is -1.95. The van der Waals surface area contributed by atoms with Crippen LogP contribution in [0.4, 0.5) is 10.6 Å². The number of hydrogen-bond acceptors (Lipinski definition) is 5. The highest BCUT2D eigenvalue weighted by atomic mass is 35.5. The van der Waals surface area contributed by atoms with E-state index in [0.29, 0.717) is 11.2 Å². The Labute approximate surface area is 84.6 Å². The summed E-state index contributed by atoms with van der Waals surface area (Å²) in [4.78, 5) is 22.2. The summed E-state index contributed by atoms with van der Waals surface area (Å²) in [7, 11) is 0. The van der Waals surface area contributed by atoms with Crippen LogP contribution < -0.4 is 11.5 Å². The number of nitrogen functional groups attached to an aromatic ring is 1. The molecule has 8 heteroatoms. The molecule has 1 amide bonds. The van der Waals surface area contributed by atoms with Crippen molar-refractivity contribution in [1.29, 1.82) is 0 Å². The molecule has 14 heavy (non-hydrogen) atoms. The SMILES string of the molecule is Cl.NC(=O)n1cnc2c(N)ncnc21. The van der Waals surface area contributed by atoms with Gasteiger partial charge in [0.1, 0.15) is 12.7 Å². The molecule has 0 bridgehead atoms. The van der Waals surface area contributed by atoms with Gasteiger partial charge in [-0.25, -0.2) is 24.3 Å². The Morgan fingerprint density at radius 1 is 1.36 bits per heavy atom. The second kappa shape index (κ2) is 3.46. The van der Waals surface area contributed by atoms with Gasteiger partial charge in [-0.05, 0) is 0 Å². The van der Waals surface area contributed by atoms with Crippen LogP contribution in [0.1, 0.15) is 0 Å². The molecule has 7 nitrogen and oxygen atoms in total. The molecule has 0 radical (unpaired) electrons. The zero-order valence-electron chi connectivity index (χ0n) is 6.91. The van der Waals surface area contributed by atoms with Gasteiger partial charge in [0.05, 0.1) is 0 Å². The Morgan fingerprint density at radius 3 is 2.71 bits per heavy atom. The Balaban J connectivity index is 0.000000980. The van der Waals surface area contributed by atoms with Gasteiger partial charge in [-0.3, -0.25) is 0 Å². The van der Waals surface area contributed by atoms with E-state index in [1.807, 2.05) is 0 Å². The number of anilines is 1. The fourth-order valence-electron chi connectivity index (χ4n) is 1.01. The summed E-state index contributed by atoms with van der Waals surface area (Å²) < 4.78 is 1.10. The molecule has 0 unspecified atom stereocenters. The first-order valence-corrected chi connectivity index (χ1v) is 3.43. The molecule has 0 aliphatic carbocycles. The van der Waals surface area contributed by atoms with Gasteiger partial charge >= 0.3 is 6.03 Å². The van der Waals surface area contributed by atoms with E-state index in [9.17, 15) is 4.79 Å². The van der Waals surface area contributed by atoms with Gasteiger partial charge < -0.3 is 11.5 Å². The van der Waals surface area contributed by atoms with Gasteiger partial charge in [-0.2, -0.15) is 0 Å². The highest BCUT2D eigenvalue weighted by Gasteiger charge is 2.09. The number of carbonyl (C=O) groups excluding carboxylic acids is 1. The first-order valence-electron chi connectivity index (χ1n) is 3.43. The molecule has 0 saturated heterocycles. The van der Waals surface area contributed by atoms with Crippen molar-refractivity contribution >= 4 is 35.4 Å². The molecule has 0 saturated carbocycles. The predicted octanol–water partition coefficient (Wildman–Crippen LogP) is -0.243. The summed E-state index contributed by atoms with van der Waals surface area (Å²) in [6.45, 7) is 0. The zero-order valence-corrected chi connectivity index (χ0v) is 7.73. The molecule has 2 heterocycles. The number of hydrogen-bond donors (Lipinski definition) is 2. The maximum absolute atomic E-state index is 10.8. The van der Waals surface area contributed by atoms with E-state index in [1.54, 1.807) is 0 Å². The highest BCUT2D eigenvalue weighted by molar-refractivity contribution is 5.89. The van der Waals surface area contributed by atoms with Crippen LogP contribution in [0, 0.1) is 0 Å². The molecule has 0 aliphatic rings. The van der Waals surface area contributed by atoms with Crippen LogP contribution in [0.25, 0.3) is 11.2 Å². The van der Waals surface area contributed by atoms with Crippen molar-refractivity contribution in [3.05, 3.63) is 12.7 Å². The third-order valence-corrected chi connectivity index (χ3v) is 1.60. The standard InChI is InChI=1S/C6H6N6O.ClH/c7-4-3-5(10-1-9-4)12(2-11-3)6(8)13;/h1-2H,(H2,8,13)(H2,7,9,10);1H. The molecule has 2 rings (SSSR count). The summed E-state index contributed by atoms with van der Waals surface area (Å²) in [5, 5.41) is 0. The van der Waals surface area contributed by atoms with Crippen LogP contribution >= 0.6 is 12.4 Å². The molecule has 4 N–H and O–H groups in total. The average Bonchev–Trinajstić information content (AvgIpc) is 2.48. The summed E-state index contributed by atoms with van der Waals surface area (Å²) in [5.41, 5.74) is 11.2. The largest absolute Gasteiger partial charge is 0.382 e. The van der Waals surface area contributed by atoms with E-state index < -0.39 is 6.03 Å². The minimum absolute atomic E-state index is 0. The van der Waals surface area contributed by atoms with E-state index >= 15 is 0 Å². The number of amides is 1. The van der Waals surface area contributed by atoms with Crippen molar-refractivity contribution in [3.63, 3.8) is 0 Å². The summed E-state index contributed by atoms with van der Waals surface area (Å²) in [5.74, 6) is 0.227. The summed E-state index contributed by atoms with van der Waals surface area (Å²) >= 11 is 0. The first kappa shape index (κ1) is 10.2. The molecule has 2 aromatic heterocycles. The smallest absolute Gasteiger partial charge is 0.325 e. The molecular weight excluding hydrogens is 208 g/mol. The topological polar surface area (TPSA) is 113 Å². The van der Waals surface area contributed by atoms with E-state index in [0.717, 1.165) is 4.57 Å². The van der Waals surface area contributed by atoms with Crippen molar-refractivity contribution in [2.24, 2.45) is 5.73 Å². The van der Waals surface area contributed by atoms with Gasteiger partial charge in [0, 0.05) is 0 Å². The highest BCUT2D eigenvalue weighted by Crippen LogP contribution is 2.12. The lowest BCUT2D eigenvalue weighted by atomic mass is 10.5. The lowest BCUT2D eigenvalue weighted by Crippen LogP contribution is -2.18. The van der Waals surface area contributed by atoms with Gasteiger partial charge in [-0.1, -0.05) is 0 Å². The third-order valence-electron chi connectivity index (χ3n) is 1.60. The molecule has 74 valence electrons. The second-order valence-electron chi connectivity index (χ2n) is 2.38. The number of rotatable bonds is 0. The van der Waals surface area contributed by atoms with Crippen molar-refractivity contribution in [3.8, 4) is 0 Å². The molecule has 2 aromatic rings. The Morgan fingerprint density at radius 2 is 2.07 bits per heavy atom. The van der Waals surface area contributed by atoms with Crippen molar-refractivity contribution in [1.82, 2.24) is 19.5 Å². The minimum Gasteiger partial charge on any atom is -0.382 e. The van der Waals surface area contributed by atoms with Gasteiger partial charge in [0.15, 0.2) is 17.0 Å². The van der Waals surface area contributed by atoms with E-state index in [1.165, 1.54) is 12.7 Å². The monoisotopic (exact) mass is 214 g/mol. The van der Waals surface area contributed by atoms with Crippen LogP contribution in [0.3, 0.4) is 0 Å². The third kappa shape index (κ3) is 1.33. The van der Waals surface area contributed by atoms with Crippen LogP contribution in [0.2, 0.25) is 0 Å². The van der Waals surface area contributed by atoms with E-state index in [4.69, 9.17) is 11.5 Å². The average molecular weight is 215 g/mol. The number of halogens is 1. The van der Waals surface area contributed by atoms with Gasteiger partial charge in [0.2, 0.25) is 0 Å². The fourth-order valence-corrected chi connectivity index (χ4v) is 1.01. The number of nitrogens with two attached hydrogens (primary N) is 2. The molecule has 0 aromatic carbocycles. The number of nitrogens with zero attached hydrogens (tertiary/aromatic N) is 4. The normalized spacial score (nSPS) is 9.71. The molecule has 0 aliphatic heterocycles. The number of imidazole rings is 1. The van der Waals surface area contributed by atoms with Crippen molar-refractivity contribution in [2.75, 3.05) is 5.73 Å². The molecule has 0 atom stereocenters. The Bertz CT molecular complexity index is 480. The van der Waals surface area contributed by atoms with Crippen LogP contribution in [0.15, 0.2) is 12.7 Å². The Hall–Kier alpha value is -1.89. The summed E-state index contributed by atoms with van der Waals surface area (Å²) in [6, 6.07) is -0.652. The van der Waals surface area contributed by atoms with Gasteiger partial charge in [-0.15, -0.1) is 12.4 Å². The number of fused-ring (bicyclic) bond motifs is 1. The first-order chi connectivity index (χ1) is 6.20. The zero-order chi connectivity index (χ0) is 9.42. The quantitative estimate of drug-likeness (QED) is 0.628. The van der Waals surface area contributed by atoms with Crippen LogP contribution in [-0.2, 0) is 0 Å². The fraction of sp³-hybridized carbons (Fsp3) is 0. The number of primary amides is 1. The molecule has 0 spiro atoms. The van der Waals surface area contributed by atoms with E-state index in [2.05, 4.69) is 15.0 Å². The minimum atomic E-state index is -0.652. The Kier molecular flexibility index (Phi) is 2.52. The number of aromatic nitrogens is 4. The molecular formula is C6H7ClN6O. The van der Waals surface area contributed by atoms with Gasteiger partial charge in [0.25, 0.3) is 0 Å². The summed E-state index contributed by atoms with van der Waals surface area (Å²) in [6.07, 6.45) is 2.51. The lowest BCUT2D eigenvalue weighted by molar-refractivity contribution is 0.251. The predicted molar refractivity (Wildman–Crippen MR) is 52.0 cm³/mol. The second-order valence-corrected chi connectivity index (χ2v) is 2.38. The van der Waals surface area contributed by atoms with Crippen molar-refractivity contribution < 1.29 is 4.79 Å².